The van der Waals surface area contributed by atoms with Crippen molar-refractivity contribution in [2.75, 3.05) is 26.2 Å². The molecule has 1 saturated heterocycles. The maximum Gasteiger partial charge on any atom is 0.342 e. The summed E-state index contributed by atoms with van der Waals surface area (Å²) < 4.78 is 5.30. The van der Waals surface area contributed by atoms with Crippen LogP contribution in [0.5, 0.6) is 0 Å². The Morgan fingerprint density at radius 1 is 0.907 bits per heavy atom. The number of aromatic nitrogens is 2. The van der Waals surface area contributed by atoms with Gasteiger partial charge in [0.1, 0.15) is 17.9 Å². The third-order valence-corrected chi connectivity index (χ3v) is 7.57. The monoisotopic (exact) mass is 574 g/mol. The largest absolute Gasteiger partial charge is 0.458 e. The van der Waals surface area contributed by atoms with Gasteiger partial charge in [-0.15, -0.1) is 0 Å². The van der Waals surface area contributed by atoms with Crippen molar-refractivity contribution in [3.05, 3.63) is 132 Å². The van der Waals surface area contributed by atoms with E-state index in [4.69, 9.17) is 4.74 Å². The number of piperazine rings is 1. The molecular formula is C35H34N4O4. The molecule has 0 saturated carbocycles. The normalized spacial score (nSPS) is 14.8. The molecule has 0 N–H and O–H groups in total. The van der Waals surface area contributed by atoms with Crippen molar-refractivity contribution in [1.82, 2.24) is 19.8 Å². The van der Waals surface area contributed by atoms with Crippen molar-refractivity contribution in [2.45, 2.75) is 25.8 Å². The molecule has 0 spiro atoms. The number of benzene rings is 3. The van der Waals surface area contributed by atoms with Gasteiger partial charge in [-0.2, -0.15) is 0 Å². The van der Waals surface area contributed by atoms with Crippen LogP contribution in [-0.2, 0) is 9.53 Å². The average Bonchev–Trinajstić information content (AvgIpc) is 3.04. The van der Waals surface area contributed by atoms with E-state index in [1.807, 2.05) is 103 Å². The highest BCUT2D eigenvalue weighted by molar-refractivity contribution is 6.05. The molecule has 8 nitrogen and oxygen atoms in total. The van der Waals surface area contributed by atoms with Crippen molar-refractivity contribution in [3.8, 4) is 11.4 Å². The standard InChI is InChI=1S/C35H34N4O4/c1-4-22-43-35(42)29-25(3)36-32(28-18-12-7-13-19-28)37-31(29)34(41)38-20-21-39(24(2)23-38)33(40)30(26-14-8-5-9-15-26)27-16-10-6-11-17-27/h4-19,24,30H,1,20-23H2,2-3H3. The Bertz CT molecular complexity index is 1570. The molecule has 1 aliphatic rings. The summed E-state index contributed by atoms with van der Waals surface area (Å²) in [6, 6.07) is 28.5. The lowest BCUT2D eigenvalue weighted by molar-refractivity contribution is -0.136. The number of ether oxygens (including phenoxy) is 1. The minimum absolute atomic E-state index is 0.00580. The summed E-state index contributed by atoms with van der Waals surface area (Å²) in [5, 5.41) is 0. The number of carbonyl (C=O) groups is 3. The van der Waals surface area contributed by atoms with Gasteiger partial charge in [-0.25, -0.2) is 14.8 Å². The summed E-state index contributed by atoms with van der Waals surface area (Å²) in [5.74, 6) is -1.23. The Morgan fingerprint density at radius 2 is 1.49 bits per heavy atom. The maximum absolute atomic E-state index is 14.1. The average molecular weight is 575 g/mol. The fraction of sp³-hybridized carbons (Fsp3) is 0.229. The number of hydrogen-bond acceptors (Lipinski definition) is 6. The van der Waals surface area contributed by atoms with Gasteiger partial charge in [-0.1, -0.05) is 104 Å². The minimum Gasteiger partial charge on any atom is -0.458 e. The molecule has 4 aromatic rings. The van der Waals surface area contributed by atoms with Crippen LogP contribution < -0.4 is 0 Å². The second kappa shape index (κ2) is 13.2. The maximum atomic E-state index is 14.1. The predicted octanol–water partition coefficient (Wildman–Crippen LogP) is 5.30. The fourth-order valence-corrected chi connectivity index (χ4v) is 5.45. The van der Waals surface area contributed by atoms with E-state index in [1.54, 1.807) is 11.8 Å². The summed E-state index contributed by atoms with van der Waals surface area (Å²) >= 11 is 0. The molecular weight excluding hydrogens is 540 g/mol. The van der Waals surface area contributed by atoms with E-state index in [2.05, 4.69) is 16.5 Å². The molecule has 1 fully saturated rings. The molecule has 1 atom stereocenters. The first-order chi connectivity index (χ1) is 20.9. The smallest absolute Gasteiger partial charge is 0.342 e. The topological polar surface area (TPSA) is 92.7 Å². The molecule has 218 valence electrons. The zero-order valence-corrected chi connectivity index (χ0v) is 24.3. The van der Waals surface area contributed by atoms with Crippen molar-refractivity contribution in [3.63, 3.8) is 0 Å². The molecule has 1 unspecified atom stereocenters. The Kier molecular flexibility index (Phi) is 9.05. The number of hydrogen-bond donors (Lipinski definition) is 0. The lowest BCUT2D eigenvalue weighted by atomic mass is 9.89. The highest BCUT2D eigenvalue weighted by Gasteiger charge is 2.36. The number of esters is 1. The van der Waals surface area contributed by atoms with Crippen LogP contribution in [0.4, 0.5) is 0 Å². The van der Waals surface area contributed by atoms with Gasteiger partial charge in [-0.05, 0) is 25.0 Å². The Morgan fingerprint density at radius 3 is 2.05 bits per heavy atom. The lowest BCUT2D eigenvalue weighted by Crippen LogP contribution is -2.56. The van der Waals surface area contributed by atoms with E-state index >= 15 is 0 Å². The second-order valence-electron chi connectivity index (χ2n) is 10.5. The van der Waals surface area contributed by atoms with Crippen molar-refractivity contribution >= 4 is 17.8 Å². The number of rotatable bonds is 8. The summed E-state index contributed by atoms with van der Waals surface area (Å²) in [6.45, 7) is 8.11. The Balaban J connectivity index is 1.43. The first-order valence-electron chi connectivity index (χ1n) is 14.3. The molecule has 2 amide bonds. The molecule has 2 heterocycles. The van der Waals surface area contributed by atoms with E-state index in [1.165, 1.54) is 6.08 Å². The van der Waals surface area contributed by atoms with Gasteiger partial charge in [0.2, 0.25) is 5.91 Å². The first kappa shape index (κ1) is 29.4. The van der Waals surface area contributed by atoms with Gasteiger partial charge in [0.15, 0.2) is 5.82 Å². The number of amides is 2. The zero-order chi connectivity index (χ0) is 30.3. The highest BCUT2D eigenvalue weighted by Crippen LogP contribution is 2.29. The number of aryl methyl sites for hydroxylation is 1. The van der Waals surface area contributed by atoms with Gasteiger partial charge in [0.05, 0.1) is 11.6 Å². The van der Waals surface area contributed by atoms with Crippen LogP contribution in [-0.4, -0.2) is 69.8 Å². The molecule has 8 heteroatoms. The second-order valence-corrected chi connectivity index (χ2v) is 10.5. The minimum atomic E-state index is -0.684. The molecule has 0 radical (unpaired) electrons. The highest BCUT2D eigenvalue weighted by atomic mass is 16.5. The summed E-state index contributed by atoms with van der Waals surface area (Å²) in [6.07, 6.45) is 1.46. The van der Waals surface area contributed by atoms with Crippen LogP contribution in [0.3, 0.4) is 0 Å². The predicted molar refractivity (Wildman–Crippen MR) is 164 cm³/mol. The fourth-order valence-electron chi connectivity index (χ4n) is 5.45. The van der Waals surface area contributed by atoms with Gasteiger partial charge >= 0.3 is 5.97 Å². The molecule has 1 aromatic heterocycles. The van der Waals surface area contributed by atoms with E-state index < -0.39 is 17.8 Å². The molecule has 1 aliphatic heterocycles. The van der Waals surface area contributed by atoms with Crippen LogP contribution in [0, 0.1) is 6.92 Å². The van der Waals surface area contributed by atoms with Gasteiger partial charge in [0.25, 0.3) is 5.91 Å². The Hall–Kier alpha value is -5.11. The van der Waals surface area contributed by atoms with Crippen molar-refractivity contribution in [1.29, 1.82) is 0 Å². The van der Waals surface area contributed by atoms with Crippen molar-refractivity contribution in [2.24, 2.45) is 0 Å². The van der Waals surface area contributed by atoms with E-state index in [9.17, 15) is 14.4 Å². The summed E-state index contributed by atoms with van der Waals surface area (Å²) in [7, 11) is 0. The molecule has 3 aromatic carbocycles. The van der Waals surface area contributed by atoms with Crippen LogP contribution in [0.1, 0.15) is 50.5 Å². The van der Waals surface area contributed by atoms with Gasteiger partial charge in [-0.3, -0.25) is 9.59 Å². The quantitative estimate of drug-likeness (QED) is 0.210. The molecule has 5 rings (SSSR count). The number of nitrogens with zero attached hydrogens (tertiary/aromatic N) is 4. The Labute approximate surface area is 251 Å². The lowest BCUT2D eigenvalue weighted by Gasteiger charge is -2.41. The van der Waals surface area contributed by atoms with E-state index in [0.717, 1.165) is 16.7 Å². The molecule has 0 bridgehead atoms. The summed E-state index contributed by atoms with van der Waals surface area (Å²) in [4.78, 5) is 53.8. The first-order valence-corrected chi connectivity index (χ1v) is 14.3. The van der Waals surface area contributed by atoms with Crippen LogP contribution >= 0.6 is 0 Å². The van der Waals surface area contributed by atoms with Crippen LogP contribution in [0.2, 0.25) is 0 Å². The van der Waals surface area contributed by atoms with E-state index in [-0.39, 0.29) is 42.9 Å². The van der Waals surface area contributed by atoms with Crippen LogP contribution in [0.15, 0.2) is 104 Å². The zero-order valence-electron chi connectivity index (χ0n) is 24.3. The summed E-state index contributed by atoms with van der Waals surface area (Å²) in [5.41, 5.74) is 2.92. The SMILES string of the molecule is C=CCOC(=O)c1c(C)nc(-c2ccccc2)nc1C(=O)N1CCN(C(=O)C(c2ccccc2)c2ccccc2)C(C)C1. The van der Waals surface area contributed by atoms with Crippen LogP contribution in [0.25, 0.3) is 11.4 Å². The van der Waals surface area contributed by atoms with Crippen molar-refractivity contribution < 1.29 is 19.1 Å². The van der Waals surface area contributed by atoms with Gasteiger partial charge < -0.3 is 14.5 Å². The molecule has 0 aliphatic carbocycles. The van der Waals surface area contributed by atoms with E-state index in [0.29, 0.717) is 18.1 Å². The number of carbonyl (C=O) groups excluding carboxylic acids is 3. The third-order valence-electron chi connectivity index (χ3n) is 7.57. The van der Waals surface area contributed by atoms with Gasteiger partial charge in [0, 0.05) is 31.2 Å². The molecule has 43 heavy (non-hydrogen) atoms. The third kappa shape index (κ3) is 6.38.